The molecule has 131 valence electrons. The summed E-state index contributed by atoms with van der Waals surface area (Å²) in [4.78, 5) is 0. The Morgan fingerprint density at radius 2 is 0.923 bits per heavy atom. The molecule has 0 spiro atoms. The molecule has 0 amide bonds. The molecule has 0 aromatic heterocycles. The number of allylic oxidation sites excluding steroid dienone is 14. The minimum absolute atomic E-state index is 0. The van der Waals surface area contributed by atoms with Crippen molar-refractivity contribution < 1.29 is 12.4 Å². The van der Waals surface area contributed by atoms with Crippen LogP contribution in [0.1, 0.15) is 0 Å². The smallest absolute Gasteiger partial charge is 0.0882 e. The SMILES string of the molecule is ClC1=C=C(Cl)C2=CC=CC=C[C]12.ClC1=C=C(Cl)C2=CC=CC=C[C]12.[Cl-].[Sb]. The van der Waals surface area contributed by atoms with Gasteiger partial charge >= 0.3 is 0 Å². The maximum atomic E-state index is 5.90. The van der Waals surface area contributed by atoms with E-state index in [0.29, 0.717) is 20.1 Å². The second-order valence-electron chi connectivity index (χ2n) is 4.98. The number of rotatable bonds is 0. The molecule has 0 nitrogen and oxygen atoms in total. The Morgan fingerprint density at radius 1 is 0.538 bits per heavy atom. The summed E-state index contributed by atoms with van der Waals surface area (Å²) in [6.07, 6.45) is 19.3. The standard InChI is InChI=1S/2C10H5Cl2.ClH.Sb/c2*11-9-6-10(12)8-5-3-1-2-4-7(8)9;;/h2*1-5H;1H;/p-1. The van der Waals surface area contributed by atoms with Crippen molar-refractivity contribution >= 4 is 70.8 Å². The van der Waals surface area contributed by atoms with Crippen LogP contribution in [-0.4, -0.2) is 24.4 Å². The van der Waals surface area contributed by atoms with E-state index >= 15 is 0 Å². The Kier molecular flexibility index (Phi) is 9.99. The summed E-state index contributed by atoms with van der Waals surface area (Å²) in [5.74, 6) is 1.90. The Bertz CT molecular complexity index is 809. The largest absolute Gasteiger partial charge is 1.00 e. The number of fused-ring (bicyclic) bond motifs is 2. The Balaban J connectivity index is 0.000000241. The van der Waals surface area contributed by atoms with Gasteiger partial charge in [0.1, 0.15) is 0 Å². The fourth-order valence-electron chi connectivity index (χ4n) is 2.32. The molecule has 26 heavy (non-hydrogen) atoms. The van der Waals surface area contributed by atoms with Crippen LogP contribution in [0.15, 0.2) is 103 Å². The summed E-state index contributed by atoms with van der Waals surface area (Å²) in [6, 6.07) is 0. The van der Waals surface area contributed by atoms with Crippen molar-refractivity contribution in [2.24, 2.45) is 0 Å². The Morgan fingerprint density at radius 3 is 1.31 bits per heavy atom. The zero-order chi connectivity index (χ0) is 17.1. The summed E-state index contributed by atoms with van der Waals surface area (Å²) in [5, 5.41) is 2.36. The van der Waals surface area contributed by atoms with Gasteiger partial charge in [-0.3, -0.25) is 0 Å². The van der Waals surface area contributed by atoms with Gasteiger partial charge in [-0.05, 0) is 11.1 Å². The van der Waals surface area contributed by atoms with Crippen molar-refractivity contribution in [1.29, 1.82) is 0 Å². The molecule has 0 aromatic carbocycles. The number of halogens is 5. The monoisotopic (exact) mass is 546 g/mol. The molecule has 0 unspecified atom stereocenters. The van der Waals surface area contributed by atoms with E-state index in [-0.39, 0.29) is 36.8 Å². The number of hydrogen-bond donors (Lipinski definition) is 0. The molecule has 0 bridgehead atoms. The summed E-state index contributed by atoms with van der Waals surface area (Å²) in [6.45, 7) is 0. The van der Waals surface area contributed by atoms with Crippen LogP contribution < -0.4 is 12.4 Å². The maximum absolute atomic E-state index is 5.90. The van der Waals surface area contributed by atoms with E-state index in [1.807, 2.05) is 60.8 Å². The van der Waals surface area contributed by atoms with Crippen LogP contribution in [0.5, 0.6) is 0 Å². The molecule has 4 aliphatic carbocycles. The predicted molar refractivity (Wildman–Crippen MR) is 109 cm³/mol. The van der Waals surface area contributed by atoms with Gasteiger partial charge < -0.3 is 12.4 Å². The molecule has 5 radical (unpaired) electrons. The first-order valence-electron chi connectivity index (χ1n) is 7.08. The first kappa shape index (κ1) is 23.8. The van der Waals surface area contributed by atoms with Crippen molar-refractivity contribution in [3.63, 3.8) is 0 Å². The first-order chi connectivity index (χ1) is 11.6. The van der Waals surface area contributed by atoms with Crippen LogP contribution in [0, 0.1) is 11.8 Å². The molecule has 0 atom stereocenters. The van der Waals surface area contributed by atoms with E-state index in [4.69, 9.17) is 46.4 Å². The van der Waals surface area contributed by atoms with Crippen molar-refractivity contribution in [2.75, 3.05) is 0 Å². The van der Waals surface area contributed by atoms with Gasteiger partial charge in [0.2, 0.25) is 0 Å². The fraction of sp³-hybridized carbons (Fsp3) is 0. The third kappa shape index (κ3) is 5.39. The van der Waals surface area contributed by atoms with Gasteiger partial charge in [0.05, 0.1) is 32.0 Å². The number of hydrogen-bond acceptors (Lipinski definition) is 0. The minimum Gasteiger partial charge on any atom is -1.00 e. The second kappa shape index (κ2) is 10.9. The third-order valence-electron chi connectivity index (χ3n) is 3.46. The van der Waals surface area contributed by atoms with Gasteiger partial charge in [-0.2, -0.15) is 0 Å². The Labute approximate surface area is 197 Å². The van der Waals surface area contributed by atoms with Crippen molar-refractivity contribution in [3.05, 3.63) is 115 Å². The van der Waals surface area contributed by atoms with Gasteiger partial charge in [-0.15, -0.1) is 0 Å². The zero-order valence-corrected chi connectivity index (χ0v) is 19.4. The molecular formula is C20H10Cl5Sb-. The van der Waals surface area contributed by atoms with Crippen LogP contribution in [-0.2, 0) is 0 Å². The van der Waals surface area contributed by atoms with Crippen LogP contribution >= 0.6 is 46.4 Å². The van der Waals surface area contributed by atoms with Crippen LogP contribution in [0.2, 0.25) is 0 Å². The molecule has 0 fully saturated rings. The van der Waals surface area contributed by atoms with Crippen molar-refractivity contribution in [3.8, 4) is 0 Å². The van der Waals surface area contributed by atoms with Crippen molar-refractivity contribution in [2.45, 2.75) is 0 Å². The minimum atomic E-state index is 0. The summed E-state index contributed by atoms with van der Waals surface area (Å²) >= 11 is 23.6. The van der Waals surface area contributed by atoms with Gasteiger partial charge in [0, 0.05) is 24.4 Å². The third-order valence-corrected chi connectivity index (χ3v) is 4.65. The van der Waals surface area contributed by atoms with Crippen LogP contribution in [0.3, 0.4) is 0 Å². The fourth-order valence-corrected chi connectivity index (χ4v) is 3.46. The van der Waals surface area contributed by atoms with E-state index in [9.17, 15) is 0 Å². The molecule has 0 aliphatic heterocycles. The zero-order valence-electron chi connectivity index (χ0n) is 13.1. The summed E-state index contributed by atoms with van der Waals surface area (Å²) < 4.78 is 0. The van der Waals surface area contributed by atoms with Crippen LogP contribution in [0.25, 0.3) is 0 Å². The van der Waals surface area contributed by atoms with E-state index in [2.05, 4.69) is 11.5 Å². The maximum Gasteiger partial charge on any atom is 0.0882 e. The van der Waals surface area contributed by atoms with Gasteiger partial charge in [-0.25, -0.2) is 0 Å². The van der Waals surface area contributed by atoms with Gasteiger partial charge in [0.15, 0.2) is 0 Å². The molecule has 0 heterocycles. The molecule has 0 N–H and O–H groups in total. The average molecular weight is 549 g/mol. The van der Waals surface area contributed by atoms with E-state index < -0.39 is 0 Å². The average Bonchev–Trinajstić information content (AvgIpc) is 2.85. The van der Waals surface area contributed by atoms with E-state index in [1.165, 1.54) is 0 Å². The second-order valence-corrected chi connectivity index (χ2v) is 6.49. The summed E-state index contributed by atoms with van der Waals surface area (Å²) in [7, 11) is 0. The predicted octanol–water partition coefficient (Wildman–Crippen LogP) is 3.57. The molecule has 6 heteroatoms. The van der Waals surface area contributed by atoms with Crippen LogP contribution in [0.4, 0.5) is 0 Å². The van der Waals surface area contributed by atoms with Gasteiger partial charge in [0.25, 0.3) is 0 Å². The topological polar surface area (TPSA) is 0 Å². The van der Waals surface area contributed by atoms with Crippen molar-refractivity contribution in [1.82, 2.24) is 0 Å². The summed E-state index contributed by atoms with van der Waals surface area (Å²) in [5.41, 5.74) is 7.62. The quantitative estimate of drug-likeness (QED) is 0.321. The normalized spacial score (nSPS) is 19.7. The Hall–Kier alpha value is -0.252. The molecule has 0 saturated heterocycles. The van der Waals surface area contributed by atoms with E-state index in [0.717, 1.165) is 23.0 Å². The van der Waals surface area contributed by atoms with E-state index in [1.54, 1.807) is 0 Å². The molecule has 0 saturated carbocycles. The first-order valence-corrected chi connectivity index (χ1v) is 8.59. The molecular weight excluding hydrogens is 539 g/mol. The molecule has 0 aromatic rings. The van der Waals surface area contributed by atoms with Gasteiger partial charge in [-0.1, -0.05) is 119 Å². The molecule has 4 rings (SSSR count). The molecule has 4 aliphatic rings.